The van der Waals surface area contributed by atoms with Crippen LogP contribution in [0.15, 0.2) is 194 Å². The summed E-state index contributed by atoms with van der Waals surface area (Å²) in [5, 5.41) is 9.17. The Balaban J connectivity index is 0.979. The third kappa shape index (κ3) is 4.58. The zero-order valence-corrected chi connectivity index (χ0v) is 32.4. The van der Waals surface area contributed by atoms with Gasteiger partial charge in [-0.2, -0.15) is 0 Å². The zero-order chi connectivity index (χ0) is 42.2. The fourth-order valence-corrected chi connectivity index (χ4v) is 11.6. The molecule has 9 aromatic carbocycles. The van der Waals surface area contributed by atoms with E-state index in [9.17, 15) is 0 Å². The Bertz CT molecular complexity index is 4090. The minimum atomic E-state index is -0.391. The average Bonchev–Trinajstić information content (AvgIpc) is 4.08. The van der Waals surface area contributed by atoms with Crippen molar-refractivity contribution >= 4 is 107 Å². The summed E-state index contributed by atoms with van der Waals surface area (Å²) in [5.41, 5.74) is 9.85. The first-order valence-electron chi connectivity index (χ1n) is 21.8. The fraction of sp³-hybridized carbons (Fsp3) is 0. The van der Waals surface area contributed by atoms with Crippen molar-refractivity contribution in [1.82, 2.24) is 9.13 Å². The molecule has 0 amide bonds. The monoisotopic (exact) mass is 777 g/mol. The summed E-state index contributed by atoms with van der Waals surface area (Å²) in [6.45, 7) is 0. The second-order valence-electron chi connectivity index (χ2n) is 14.9. The van der Waals surface area contributed by atoms with E-state index in [1.54, 1.807) is 11.3 Å². The number of para-hydroxylation sites is 2. The van der Waals surface area contributed by atoms with E-state index in [4.69, 9.17) is 6.85 Å². The van der Waals surface area contributed by atoms with Gasteiger partial charge < -0.3 is 9.13 Å². The van der Waals surface area contributed by atoms with Gasteiger partial charge in [0.1, 0.15) is 0 Å². The van der Waals surface area contributed by atoms with Gasteiger partial charge in [0.05, 0.1) is 39.3 Å². The van der Waals surface area contributed by atoms with Crippen LogP contribution in [0.2, 0.25) is 0 Å². The lowest BCUT2D eigenvalue weighted by molar-refractivity contribution is 1.19. The van der Waals surface area contributed by atoms with Crippen molar-refractivity contribution in [3.63, 3.8) is 0 Å². The molecule has 0 aliphatic heterocycles. The number of fused-ring (bicyclic) bond motifs is 12. The standard InChI is InChI=1S/C54H32N2S2/c1-2-12-33(13-3-1)37-17-11-23-52-53(37)44-32-36(26-29-51(44)57-52)55-45-19-7-4-14-38(45)42-30-34(24-27-47(42)55)35-25-28-48-43(31-35)39-15-5-8-20-46(39)56(48)49-21-10-18-41-40-16-6-9-22-50(40)58-54(41)49/h1-32H/i1D,2D,3D,12D,13D. The van der Waals surface area contributed by atoms with Crippen LogP contribution in [0.5, 0.6) is 0 Å². The van der Waals surface area contributed by atoms with Crippen molar-refractivity contribution in [1.29, 1.82) is 0 Å². The molecule has 0 atom stereocenters. The highest BCUT2D eigenvalue weighted by molar-refractivity contribution is 7.26. The fourth-order valence-electron chi connectivity index (χ4n) is 9.30. The number of hydrogen-bond acceptors (Lipinski definition) is 2. The largest absolute Gasteiger partial charge is 0.309 e. The van der Waals surface area contributed by atoms with Gasteiger partial charge in [-0.3, -0.25) is 0 Å². The van der Waals surface area contributed by atoms with Crippen molar-refractivity contribution in [2.75, 3.05) is 0 Å². The van der Waals surface area contributed by atoms with Gasteiger partial charge in [-0.25, -0.2) is 0 Å². The highest BCUT2D eigenvalue weighted by Gasteiger charge is 2.19. The summed E-state index contributed by atoms with van der Waals surface area (Å²) in [6, 6.07) is 57.1. The van der Waals surface area contributed by atoms with Gasteiger partial charge in [-0.15, -0.1) is 22.7 Å². The highest BCUT2D eigenvalue weighted by Crippen LogP contribution is 2.44. The first-order valence-corrected chi connectivity index (χ1v) is 21.0. The molecule has 4 heteroatoms. The minimum absolute atomic E-state index is 0.197. The van der Waals surface area contributed by atoms with Gasteiger partial charge in [0, 0.05) is 62.9 Å². The second-order valence-corrected chi connectivity index (χ2v) is 17.0. The summed E-state index contributed by atoms with van der Waals surface area (Å²) in [7, 11) is 0. The molecule has 0 N–H and O–H groups in total. The Morgan fingerprint density at radius 3 is 1.76 bits per heavy atom. The van der Waals surface area contributed by atoms with Gasteiger partial charge >= 0.3 is 0 Å². The smallest absolute Gasteiger partial charge is 0.0640 e. The van der Waals surface area contributed by atoms with Gasteiger partial charge in [0.2, 0.25) is 0 Å². The van der Waals surface area contributed by atoms with E-state index in [1.165, 1.54) is 47.7 Å². The maximum Gasteiger partial charge on any atom is 0.0640 e. The number of rotatable bonds is 4. The molecule has 2 nitrogen and oxygen atoms in total. The van der Waals surface area contributed by atoms with Crippen molar-refractivity contribution in [2.24, 2.45) is 0 Å². The molecule has 0 saturated heterocycles. The van der Waals surface area contributed by atoms with Crippen molar-refractivity contribution in [3.05, 3.63) is 194 Å². The van der Waals surface area contributed by atoms with E-state index < -0.39 is 6.04 Å². The number of hydrogen-bond donors (Lipinski definition) is 0. The highest BCUT2D eigenvalue weighted by atomic mass is 32.1. The Labute approximate surface area is 348 Å². The van der Waals surface area contributed by atoms with Crippen molar-refractivity contribution in [3.8, 4) is 33.6 Å². The molecule has 58 heavy (non-hydrogen) atoms. The van der Waals surface area contributed by atoms with Gasteiger partial charge in [-0.1, -0.05) is 121 Å². The molecule has 0 radical (unpaired) electrons. The normalized spacial score (nSPS) is 13.3. The van der Waals surface area contributed by atoms with Gasteiger partial charge in [0.25, 0.3) is 0 Å². The molecule has 0 spiro atoms. The molecule has 4 aromatic heterocycles. The molecule has 0 fully saturated rings. The SMILES string of the molecule is [2H]c1c([2H])c([2H])c(-c2cccc3sc4ccc(-n5c6ccccc6c6cc(-c7ccc8c(c7)c7ccccc7n8-c7cccc8c7sc7ccccc78)ccc65)cc4c23)c([2H])c1[2H]. The minimum Gasteiger partial charge on any atom is -0.309 e. The molecule has 0 aliphatic carbocycles. The molecule has 0 aliphatic rings. The molecular formula is C54H32N2S2. The maximum absolute atomic E-state index is 8.81. The van der Waals surface area contributed by atoms with E-state index in [0.29, 0.717) is 5.56 Å². The first-order chi connectivity index (χ1) is 30.8. The molecule has 0 bridgehead atoms. The molecule has 0 unspecified atom stereocenters. The van der Waals surface area contributed by atoms with Crippen LogP contribution in [-0.2, 0) is 0 Å². The Morgan fingerprint density at radius 1 is 0.379 bits per heavy atom. The Hall–Kier alpha value is -6.98. The number of nitrogens with zero attached hydrogens (tertiary/aromatic N) is 2. The van der Waals surface area contributed by atoms with Gasteiger partial charge in [0.15, 0.2) is 0 Å². The molecule has 4 heterocycles. The van der Waals surface area contributed by atoms with E-state index in [2.05, 4.69) is 155 Å². The van der Waals surface area contributed by atoms with E-state index in [0.717, 1.165) is 58.8 Å². The van der Waals surface area contributed by atoms with E-state index in [-0.39, 0.29) is 29.7 Å². The molecule has 13 aromatic rings. The van der Waals surface area contributed by atoms with Crippen LogP contribution in [0.3, 0.4) is 0 Å². The summed E-state index contributed by atoms with van der Waals surface area (Å²) >= 11 is 3.50. The number of benzene rings is 9. The lowest BCUT2D eigenvalue weighted by atomic mass is 9.99. The lowest BCUT2D eigenvalue weighted by Crippen LogP contribution is -1.94. The Morgan fingerprint density at radius 2 is 0.983 bits per heavy atom. The molecule has 270 valence electrons. The van der Waals surface area contributed by atoms with Crippen LogP contribution in [0.25, 0.3) is 118 Å². The average molecular weight is 778 g/mol. The van der Waals surface area contributed by atoms with Crippen LogP contribution in [0.1, 0.15) is 6.85 Å². The second kappa shape index (κ2) is 12.3. The number of aromatic nitrogens is 2. The predicted octanol–water partition coefficient (Wildman–Crippen LogP) is 16.0. The summed E-state index contributed by atoms with van der Waals surface area (Å²) in [4.78, 5) is 0. The summed E-state index contributed by atoms with van der Waals surface area (Å²) < 4.78 is 52.0. The zero-order valence-electron chi connectivity index (χ0n) is 35.8. The molecule has 13 rings (SSSR count). The van der Waals surface area contributed by atoms with Gasteiger partial charge in [-0.05, 0) is 95.1 Å². The summed E-state index contributed by atoms with van der Waals surface area (Å²) in [5.74, 6) is 0. The maximum atomic E-state index is 8.81. The van der Waals surface area contributed by atoms with Crippen molar-refractivity contribution < 1.29 is 6.85 Å². The molecule has 0 saturated carbocycles. The van der Waals surface area contributed by atoms with Crippen LogP contribution in [-0.4, -0.2) is 9.13 Å². The number of thiophene rings is 2. The van der Waals surface area contributed by atoms with Crippen LogP contribution in [0.4, 0.5) is 0 Å². The summed E-state index contributed by atoms with van der Waals surface area (Å²) in [6.07, 6.45) is 0. The van der Waals surface area contributed by atoms with Crippen molar-refractivity contribution in [2.45, 2.75) is 0 Å². The topological polar surface area (TPSA) is 9.86 Å². The molecular weight excluding hydrogens is 741 g/mol. The third-order valence-corrected chi connectivity index (χ3v) is 14.2. The Kier molecular flexibility index (Phi) is 5.83. The van der Waals surface area contributed by atoms with Crippen LogP contribution in [0, 0.1) is 0 Å². The third-order valence-electron chi connectivity index (χ3n) is 11.8. The predicted molar refractivity (Wildman–Crippen MR) is 252 cm³/mol. The quantitative estimate of drug-likeness (QED) is 0.168. The first kappa shape index (κ1) is 27.6. The van der Waals surface area contributed by atoms with Crippen LogP contribution < -0.4 is 0 Å². The lowest BCUT2D eigenvalue weighted by Gasteiger charge is -2.11. The van der Waals surface area contributed by atoms with E-state index >= 15 is 0 Å². The van der Waals surface area contributed by atoms with E-state index in [1.807, 2.05) is 29.5 Å². The van der Waals surface area contributed by atoms with Crippen LogP contribution >= 0.6 is 22.7 Å².